The van der Waals surface area contributed by atoms with Gasteiger partial charge in [0.05, 0.1) is 26.4 Å². The van der Waals surface area contributed by atoms with Gasteiger partial charge >= 0.3 is 0 Å². The van der Waals surface area contributed by atoms with Crippen molar-refractivity contribution in [1.82, 2.24) is 0 Å². The first-order chi connectivity index (χ1) is 12.5. The molecule has 0 saturated heterocycles. The lowest BCUT2D eigenvalue weighted by molar-refractivity contribution is 0.0714. The molecule has 5 heteroatoms. The molecule has 26 heavy (non-hydrogen) atoms. The summed E-state index contributed by atoms with van der Waals surface area (Å²) in [6.07, 6.45) is 1.74. The van der Waals surface area contributed by atoms with E-state index in [1.807, 2.05) is 30.3 Å². The number of hydrogen-bond donors (Lipinski definition) is 3. The normalized spacial score (nSPS) is 13.2. The van der Waals surface area contributed by atoms with Gasteiger partial charge in [-0.2, -0.15) is 0 Å². The molecule has 0 aliphatic heterocycles. The van der Waals surface area contributed by atoms with Crippen LogP contribution in [-0.4, -0.2) is 41.7 Å². The van der Waals surface area contributed by atoms with Crippen LogP contribution in [0.2, 0.25) is 0 Å². The Balaban J connectivity index is 1.72. The molecular weight excluding hydrogens is 332 g/mol. The summed E-state index contributed by atoms with van der Waals surface area (Å²) in [6.45, 7) is 0. The third-order valence-electron chi connectivity index (χ3n) is 4.48. The van der Waals surface area contributed by atoms with Crippen LogP contribution in [0.25, 0.3) is 0 Å². The molecule has 0 bridgehead atoms. The van der Waals surface area contributed by atoms with Crippen molar-refractivity contribution in [2.75, 3.05) is 14.2 Å². The standard InChI is InChI=1S/C21H28O5/c1-25-19-10-5-15(6-11-19)3-8-17(22)14-18(23)9-4-16-7-12-21(26-2)20(24)13-16/h5-7,10-13,17-18,22-24H,3-4,8-9,14H2,1-2H3/t17-,18-/m0/s1. The Kier molecular flexibility index (Phi) is 7.75. The molecule has 0 fully saturated rings. The van der Waals surface area contributed by atoms with Crippen LogP contribution in [0, 0.1) is 0 Å². The Morgan fingerprint density at radius 1 is 0.808 bits per heavy atom. The van der Waals surface area contributed by atoms with Crippen molar-refractivity contribution < 1.29 is 24.8 Å². The number of ether oxygens (including phenoxy) is 2. The van der Waals surface area contributed by atoms with Gasteiger partial charge in [0.15, 0.2) is 11.5 Å². The zero-order chi connectivity index (χ0) is 18.9. The number of rotatable bonds is 10. The molecule has 0 spiro atoms. The lowest BCUT2D eigenvalue weighted by atomic mass is 9.99. The topological polar surface area (TPSA) is 79.2 Å². The number of aliphatic hydroxyl groups excluding tert-OH is 2. The van der Waals surface area contributed by atoms with E-state index in [2.05, 4.69) is 0 Å². The van der Waals surface area contributed by atoms with E-state index < -0.39 is 12.2 Å². The summed E-state index contributed by atoms with van der Waals surface area (Å²) in [6, 6.07) is 13.0. The SMILES string of the molecule is COc1ccc(CC[C@H](O)C[C@@H](O)CCc2ccc(OC)c(O)c2)cc1. The van der Waals surface area contributed by atoms with E-state index >= 15 is 0 Å². The van der Waals surface area contributed by atoms with Gasteiger partial charge < -0.3 is 24.8 Å². The number of phenolic OH excluding ortho intramolecular Hbond substituents is 1. The van der Waals surface area contributed by atoms with E-state index in [-0.39, 0.29) is 5.75 Å². The first kappa shape index (κ1) is 20.1. The van der Waals surface area contributed by atoms with Gasteiger partial charge in [-0.15, -0.1) is 0 Å². The molecule has 142 valence electrons. The zero-order valence-corrected chi connectivity index (χ0v) is 15.4. The monoisotopic (exact) mass is 360 g/mol. The van der Waals surface area contributed by atoms with E-state index in [4.69, 9.17) is 9.47 Å². The molecule has 2 aromatic rings. The molecule has 5 nitrogen and oxygen atoms in total. The summed E-state index contributed by atoms with van der Waals surface area (Å²) in [4.78, 5) is 0. The molecule has 0 aliphatic carbocycles. The fraction of sp³-hybridized carbons (Fsp3) is 0.429. The van der Waals surface area contributed by atoms with Gasteiger partial charge in [0.25, 0.3) is 0 Å². The molecular formula is C21H28O5. The van der Waals surface area contributed by atoms with Crippen molar-refractivity contribution in [3.05, 3.63) is 53.6 Å². The van der Waals surface area contributed by atoms with Gasteiger partial charge in [0, 0.05) is 0 Å². The Morgan fingerprint density at radius 2 is 1.38 bits per heavy atom. The number of benzene rings is 2. The average Bonchev–Trinajstić information content (AvgIpc) is 2.65. The van der Waals surface area contributed by atoms with E-state index in [0.29, 0.717) is 31.4 Å². The fourth-order valence-electron chi connectivity index (χ4n) is 2.90. The van der Waals surface area contributed by atoms with Crippen LogP contribution in [0.3, 0.4) is 0 Å². The molecule has 0 aromatic heterocycles. The van der Waals surface area contributed by atoms with Gasteiger partial charge in [0.1, 0.15) is 5.75 Å². The molecule has 0 saturated carbocycles. The van der Waals surface area contributed by atoms with Crippen molar-refractivity contribution in [3.8, 4) is 17.2 Å². The third kappa shape index (κ3) is 6.24. The second-order valence-electron chi connectivity index (χ2n) is 6.47. The number of aliphatic hydroxyl groups is 2. The van der Waals surface area contributed by atoms with Crippen molar-refractivity contribution in [1.29, 1.82) is 0 Å². The van der Waals surface area contributed by atoms with Crippen molar-refractivity contribution >= 4 is 0 Å². The quantitative estimate of drug-likeness (QED) is 0.607. The van der Waals surface area contributed by atoms with Gasteiger partial charge in [-0.25, -0.2) is 0 Å². The van der Waals surface area contributed by atoms with E-state index in [0.717, 1.165) is 23.3 Å². The summed E-state index contributed by atoms with van der Waals surface area (Å²) in [5.41, 5.74) is 2.06. The van der Waals surface area contributed by atoms with Crippen LogP contribution in [0.15, 0.2) is 42.5 Å². The average molecular weight is 360 g/mol. The number of hydrogen-bond acceptors (Lipinski definition) is 5. The van der Waals surface area contributed by atoms with E-state index in [9.17, 15) is 15.3 Å². The van der Waals surface area contributed by atoms with Crippen molar-refractivity contribution in [3.63, 3.8) is 0 Å². The van der Waals surface area contributed by atoms with Crippen LogP contribution in [0.1, 0.15) is 30.4 Å². The Hall–Kier alpha value is -2.24. The minimum atomic E-state index is -0.579. The summed E-state index contributed by atoms with van der Waals surface area (Å²) in [5.74, 6) is 1.34. The Labute approximate surface area is 154 Å². The number of methoxy groups -OCH3 is 2. The smallest absolute Gasteiger partial charge is 0.160 e. The molecule has 0 heterocycles. The molecule has 0 radical (unpaired) electrons. The second kappa shape index (κ2) is 10.0. The minimum Gasteiger partial charge on any atom is -0.504 e. The zero-order valence-electron chi connectivity index (χ0n) is 15.4. The van der Waals surface area contributed by atoms with Crippen LogP contribution in [-0.2, 0) is 12.8 Å². The van der Waals surface area contributed by atoms with Crippen molar-refractivity contribution in [2.45, 2.75) is 44.3 Å². The molecule has 2 aromatic carbocycles. The maximum atomic E-state index is 10.2. The largest absolute Gasteiger partial charge is 0.504 e. The van der Waals surface area contributed by atoms with Crippen molar-refractivity contribution in [2.24, 2.45) is 0 Å². The number of aromatic hydroxyl groups is 1. The number of phenols is 1. The van der Waals surface area contributed by atoms with Gasteiger partial charge in [-0.05, 0) is 67.5 Å². The molecule has 2 atom stereocenters. The molecule has 2 rings (SSSR count). The van der Waals surface area contributed by atoms with E-state index in [1.165, 1.54) is 7.11 Å². The lowest BCUT2D eigenvalue weighted by Gasteiger charge is -2.16. The maximum absolute atomic E-state index is 10.2. The summed E-state index contributed by atoms with van der Waals surface area (Å²) in [5, 5.41) is 30.1. The highest BCUT2D eigenvalue weighted by Crippen LogP contribution is 2.27. The molecule has 3 N–H and O–H groups in total. The highest BCUT2D eigenvalue weighted by molar-refractivity contribution is 5.41. The second-order valence-corrected chi connectivity index (χ2v) is 6.47. The van der Waals surface area contributed by atoms with Crippen LogP contribution in [0.4, 0.5) is 0 Å². The minimum absolute atomic E-state index is 0.0963. The Morgan fingerprint density at radius 3 is 1.92 bits per heavy atom. The summed E-state index contributed by atoms with van der Waals surface area (Å²) in [7, 11) is 3.14. The van der Waals surface area contributed by atoms with Crippen LogP contribution >= 0.6 is 0 Å². The van der Waals surface area contributed by atoms with Gasteiger partial charge in [-0.3, -0.25) is 0 Å². The summed E-state index contributed by atoms with van der Waals surface area (Å²) >= 11 is 0. The number of aryl methyl sites for hydroxylation is 2. The first-order valence-corrected chi connectivity index (χ1v) is 8.86. The predicted octanol–water partition coefficient (Wildman–Crippen LogP) is 3.09. The third-order valence-corrected chi connectivity index (χ3v) is 4.48. The first-order valence-electron chi connectivity index (χ1n) is 8.86. The van der Waals surface area contributed by atoms with Gasteiger partial charge in [0.2, 0.25) is 0 Å². The highest BCUT2D eigenvalue weighted by atomic mass is 16.5. The van der Waals surface area contributed by atoms with Gasteiger partial charge in [-0.1, -0.05) is 18.2 Å². The van der Waals surface area contributed by atoms with Crippen LogP contribution in [0.5, 0.6) is 17.2 Å². The highest BCUT2D eigenvalue weighted by Gasteiger charge is 2.13. The maximum Gasteiger partial charge on any atom is 0.160 e. The molecule has 0 amide bonds. The lowest BCUT2D eigenvalue weighted by Crippen LogP contribution is -2.19. The van der Waals surface area contributed by atoms with E-state index in [1.54, 1.807) is 19.2 Å². The summed E-state index contributed by atoms with van der Waals surface area (Å²) < 4.78 is 10.1. The molecule has 0 unspecified atom stereocenters. The Bertz CT molecular complexity index is 669. The fourth-order valence-corrected chi connectivity index (χ4v) is 2.90. The predicted molar refractivity (Wildman–Crippen MR) is 101 cm³/mol. The van der Waals surface area contributed by atoms with Crippen LogP contribution < -0.4 is 9.47 Å². The molecule has 0 aliphatic rings.